The van der Waals surface area contributed by atoms with E-state index in [-0.39, 0.29) is 18.9 Å². The summed E-state index contributed by atoms with van der Waals surface area (Å²) in [5, 5.41) is 121. The first kappa shape index (κ1) is 89.4. The zero-order chi connectivity index (χ0) is 71.1. The number of aliphatic hydroxyl groups excluding tert-OH is 11. The van der Waals surface area contributed by atoms with Gasteiger partial charge in [0, 0.05) is 6.42 Å². The number of aliphatic hydroxyl groups is 11. The molecule has 0 spiro atoms. The van der Waals surface area contributed by atoms with E-state index >= 15 is 0 Å². The first-order chi connectivity index (χ1) is 47.8. The van der Waals surface area contributed by atoms with Crippen LogP contribution in [0.3, 0.4) is 0 Å². The van der Waals surface area contributed by atoms with Gasteiger partial charge in [0.05, 0.1) is 38.6 Å². The van der Waals surface area contributed by atoms with Crippen LogP contribution < -0.4 is 5.32 Å². The topological polar surface area (TPSA) is 307 Å². The molecule has 12 N–H and O–H groups in total. The van der Waals surface area contributed by atoms with E-state index in [2.05, 4.69) is 79.9 Å². The molecule has 3 aliphatic rings. The fourth-order valence-electron chi connectivity index (χ4n) is 12.9. The van der Waals surface area contributed by atoms with E-state index < -0.39 is 124 Å². The summed E-state index contributed by atoms with van der Waals surface area (Å²) < 4.78 is 34.4. The predicted octanol–water partition coefficient (Wildman–Crippen LogP) is 12.4. The minimum Gasteiger partial charge on any atom is -0.394 e. The van der Waals surface area contributed by atoms with Crippen LogP contribution in [0.1, 0.15) is 290 Å². The van der Waals surface area contributed by atoms with E-state index in [0.29, 0.717) is 12.8 Å². The van der Waals surface area contributed by atoms with Crippen LogP contribution in [0.5, 0.6) is 0 Å². The summed E-state index contributed by atoms with van der Waals surface area (Å²) in [4.78, 5) is 13.5. The molecule has 3 aliphatic heterocycles. The maximum absolute atomic E-state index is 13.5. The van der Waals surface area contributed by atoms with Gasteiger partial charge in [0.2, 0.25) is 5.91 Å². The highest BCUT2D eigenvalue weighted by molar-refractivity contribution is 5.76. The molecule has 3 fully saturated rings. The Morgan fingerprint density at radius 1 is 0.367 bits per heavy atom. The molecule has 3 saturated heterocycles. The molecule has 0 radical (unpaired) electrons. The Morgan fingerprint density at radius 2 is 0.684 bits per heavy atom. The third-order valence-electron chi connectivity index (χ3n) is 19.2. The fraction of sp³-hybridized carbons (Fsp3) is 0.835. The van der Waals surface area contributed by atoms with Crippen molar-refractivity contribution in [1.29, 1.82) is 0 Å². The highest BCUT2D eigenvalue weighted by atomic mass is 16.8. The monoisotopic (exact) mass is 1390 g/mol. The van der Waals surface area contributed by atoms with Gasteiger partial charge in [-0.1, -0.05) is 273 Å². The Hall–Kier alpha value is -2.77. The number of rotatable bonds is 61. The normalized spacial score (nSPS) is 27.1. The van der Waals surface area contributed by atoms with Gasteiger partial charge >= 0.3 is 0 Å². The number of carbonyl (C=O) groups is 1. The number of hydrogen-bond donors (Lipinski definition) is 12. The highest BCUT2D eigenvalue weighted by Crippen LogP contribution is 2.33. The number of carbonyl (C=O) groups excluding carboxylic acids is 1. The lowest BCUT2D eigenvalue weighted by Crippen LogP contribution is -2.66. The van der Waals surface area contributed by atoms with Crippen molar-refractivity contribution < 1.29 is 89.4 Å². The van der Waals surface area contributed by atoms with E-state index in [1.807, 2.05) is 6.08 Å². The number of unbranched alkanes of at least 4 members (excludes halogenated alkanes) is 35. The molecule has 0 aromatic carbocycles. The molecular formula is C79H141NO18. The van der Waals surface area contributed by atoms with Crippen molar-refractivity contribution in [3.63, 3.8) is 0 Å². The number of nitrogens with one attached hydrogen (secondary N) is 1. The molecule has 0 aliphatic carbocycles. The van der Waals surface area contributed by atoms with Gasteiger partial charge < -0.3 is 89.9 Å². The van der Waals surface area contributed by atoms with E-state index in [4.69, 9.17) is 28.4 Å². The molecule has 98 heavy (non-hydrogen) atoms. The smallest absolute Gasteiger partial charge is 0.220 e. The highest BCUT2D eigenvalue weighted by Gasteiger charge is 2.53. The van der Waals surface area contributed by atoms with Crippen molar-refractivity contribution in [3.05, 3.63) is 72.9 Å². The minimum atomic E-state index is -1.99. The van der Waals surface area contributed by atoms with Gasteiger partial charge in [-0.3, -0.25) is 4.79 Å². The number of amides is 1. The SMILES string of the molecule is CCCCCCC/C=C\C/C=C\C/C=C\CCCCCCCCCCCCCCC(=O)NC(COC1OC(CO)C(OC2OC(CO)C(OC3OC(CO)C(O)C(O)C3O)C(O)C2O)C(O)C1O)C(O)/C=C/CC/C=C/CC/C=C/CCCCCCCCCCCCCCCCCC. The molecule has 3 rings (SSSR count). The molecule has 570 valence electrons. The Morgan fingerprint density at radius 3 is 1.09 bits per heavy atom. The van der Waals surface area contributed by atoms with Crippen molar-refractivity contribution in [2.24, 2.45) is 0 Å². The standard InChI is InChI=1S/C79H141NO18/c1-3-5-7-9-11-13-15-17-19-21-23-25-27-29-31-33-35-37-39-41-43-45-47-49-51-53-55-57-67(85)80-62(63(84)56-54-52-50-48-46-44-42-40-38-36-34-32-30-28-26-24-22-20-18-16-14-12-10-8-6-4-2)61-93-77-73(91)70(88)75(65(59-82)95-77)98-79-74(92)71(89)76(66(60-83)96-79)97-78-72(90)69(87)68(86)64(58-81)94-78/h15,17,21,23,27,29,38,40,46,48,54,56,62-66,68-79,81-84,86-92H,3-14,16,18-20,22,24-26,28,30-37,39,41-45,47,49-53,55,57-61H2,1-2H3,(H,80,85)/b17-15-,23-21-,29-27-,40-38+,48-46+,56-54+. The lowest BCUT2D eigenvalue weighted by atomic mass is 9.96. The van der Waals surface area contributed by atoms with Crippen molar-refractivity contribution in [1.82, 2.24) is 5.32 Å². The van der Waals surface area contributed by atoms with Crippen molar-refractivity contribution >= 4 is 5.91 Å². The molecule has 17 unspecified atom stereocenters. The maximum atomic E-state index is 13.5. The van der Waals surface area contributed by atoms with Gasteiger partial charge in [-0.25, -0.2) is 0 Å². The Labute approximate surface area is 591 Å². The van der Waals surface area contributed by atoms with Gasteiger partial charge in [-0.05, 0) is 83.5 Å². The first-order valence-corrected chi connectivity index (χ1v) is 39.2. The molecule has 19 nitrogen and oxygen atoms in total. The van der Waals surface area contributed by atoms with Crippen LogP contribution in [-0.4, -0.2) is 193 Å². The van der Waals surface area contributed by atoms with Crippen LogP contribution in [-0.2, 0) is 33.2 Å². The van der Waals surface area contributed by atoms with E-state index in [1.54, 1.807) is 6.08 Å². The van der Waals surface area contributed by atoms with Crippen molar-refractivity contribution in [2.45, 2.75) is 394 Å². The third-order valence-corrected chi connectivity index (χ3v) is 19.2. The summed E-state index contributed by atoms with van der Waals surface area (Å²) in [6.45, 7) is 1.72. The Kier molecular flexibility index (Phi) is 54.4. The predicted molar refractivity (Wildman–Crippen MR) is 388 cm³/mol. The van der Waals surface area contributed by atoms with Gasteiger partial charge in [0.15, 0.2) is 18.9 Å². The summed E-state index contributed by atoms with van der Waals surface area (Å²) in [6.07, 6.45) is 50.2. The number of allylic oxidation sites excluding steroid dienone is 11. The first-order valence-electron chi connectivity index (χ1n) is 39.2. The molecule has 19 heteroatoms. The largest absolute Gasteiger partial charge is 0.394 e. The lowest BCUT2D eigenvalue weighted by Gasteiger charge is -2.48. The summed E-state index contributed by atoms with van der Waals surface area (Å²) in [7, 11) is 0. The molecule has 3 heterocycles. The van der Waals surface area contributed by atoms with Crippen LogP contribution in [0.15, 0.2) is 72.9 Å². The maximum Gasteiger partial charge on any atom is 0.220 e. The third kappa shape index (κ3) is 39.8. The molecule has 0 bridgehead atoms. The Bertz CT molecular complexity index is 2050. The van der Waals surface area contributed by atoms with Crippen LogP contribution in [0, 0.1) is 0 Å². The van der Waals surface area contributed by atoms with Crippen LogP contribution in [0.4, 0.5) is 0 Å². The zero-order valence-corrected chi connectivity index (χ0v) is 60.8. The average Bonchev–Trinajstić information content (AvgIpc) is 0.785. The van der Waals surface area contributed by atoms with E-state index in [0.717, 1.165) is 70.6 Å². The quantitative estimate of drug-likeness (QED) is 0.0199. The minimum absolute atomic E-state index is 0.227. The van der Waals surface area contributed by atoms with Gasteiger partial charge in [0.25, 0.3) is 0 Å². The zero-order valence-electron chi connectivity index (χ0n) is 60.8. The molecule has 1 amide bonds. The van der Waals surface area contributed by atoms with Crippen LogP contribution >= 0.6 is 0 Å². The summed E-state index contributed by atoms with van der Waals surface area (Å²) in [6, 6.07) is -1.00. The lowest BCUT2D eigenvalue weighted by molar-refractivity contribution is -0.379. The summed E-state index contributed by atoms with van der Waals surface area (Å²) in [5.41, 5.74) is 0. The second-order valence-electron chi connectivity index (χ2n) is 27.8. The van der Waals surface area contributed by atoms with Gasteiger partial charge in [-0.2, -0.15) is 0 Å². The molecular weight excluding hydrogens is 1250 g/mol. The molecule has 0 aromatic heterocycles. The number of hydrogen-bond acceptors (Lipinski definition) is 18. The van der Waals surface area contributed by atoms with Gasteiger partial charge in [0.1, 0.15) is 73.2 Å². The molecule has 0 aromatic rings. The second kappa shape index (κ2) is 59.6. The summed E-state index contributed by atoms with van der Waals surface area (Å²) in [5.74, 6) is -0.291. The molecule has 0 saturated carbocycles. The Balaban J connectivity index is 1.41. The van der Waals surface area contributed by atoms with Crippen LogP contribution in [0.2, 0.25) is 0 Å². The van der Waals surface area contributed by atoms with Crippen molar-refractivity contribution in [2.75, 3.05) is 26.4 Å². The number of ether oxygens (including phenoxy) is 6. The second-order valence-corrected chi connectivity index (χ2v) is 27.8. The van der Waals surface area contributed by atoms with Crippen molar-refractivity contribution in [3.8, 4) is 0 Å². The fourth-order valence-corrected chi connectivity index (χ4v) is 12.9. The van der Waals surface area contributed by atoms with Crippen LogP contribution in [0.25, 0.3) is 0 Å². The molecule has 17 atom stereocenters. The van der Waals surface area contributed by atoms with E-state index in [1.165, 1.54) is 186 Å². The van der Waals surface area contributed by atoms with E-state index in [9.17, 15) is 61.0 Å². The average molecular weight is 1390 g/mol. The summed E-state index contributed by atoms with van der Waals surface area (Å²) >= 11 is 0. The van der Waals surface area contributed by atoms with Gasteiger partial charge in [-0.15, -0.1) is 0 Å².